The summed E-state index contributed by atoms with van der Waals surface area (Å²) in [6.45, 7) is 4.31. The molecule has 2 unspecified atom stereocenters. The summed E-state index contributed by atoms with van der Waals surface area (Å²) in [6, 6.07) is 4.55. The maximum atomic E-state index is 6.59. The van der Waals surface area contributed by atoms with E-state index >= 15 is 0 Å². The molecule has 2 atom stereocenters. The minimum absolute atomic E-state index is 0.00840. The van der Waals surface area contributed by atoms with Gasteiger partial charge in [-0.05, 0) is 55.2 Å². The van der Waals surface area contributed by atoms with Crippen molar-refractivity contribution in [3.63, 3.8) is 0 Å². The molecular formula is C14H18BrN. The average Bonchev–Trinajstić information content (AvgIpc) is 2.68. The second-order valence-corrected chi connectivity index (χ2v) is 6.29. The molecule has 1 nitrogen and oxygen atoms in total. The highest BCUT2D eigenvalue weighted by Gasteiger charge is 2.64. The van der Waals surface area contributed by atoms with E-state index < -0.39 is 0 Å². The van der Waals surface area contributed by atoms with Gasteiger partial charge in [0.15, 0.2) is 0 Å². The summed E-state index contributed by atoms with van der Waals surface area (Å²) < 4.78 is 1.23. The molecular weight excluding hydrogens is 262 g/mol. The SMILES string of the molecule is Cc1cc(C2(N)C3CCCC32)cc(C)c1Br. The van der Waals surface area contributed by atoms with E-state index in [0.29, 0.717) is 0 Å². The third-order valence-electron chi connectivity index (χ3n) is 4.57. The second-order valence-electron chi connectivity index (χ2n) is 5.50. The Balaban J connectivity index is 2.02. The van der Waals surface area contributed by atoms with Crippen LogP contribution in [0.3, 0.4) is 0 Å². The smallest absolute Gasteiger partial charge is 0.0473 e. The fraction of sp³-hybridized carbons (Fsp3) is 0.571. The molecule has 2 fully saturated rings. The van der Waals surface area contributed by atoms with Gasteiger partial charge in [0.2, 0.25) is 0 Å². The van der Waals surface area contributed by atoms with Crippen LogP contribution >= 0.6 is 15.9 Å². The number of rotatable bonds is 1. The molecule has 2 heteroatoms. The highest BCUT2D eigenvalue weighted by molar-refractivity contribution is 9.10. The molecule has 86 valence electrons. The number of halogens is 1. The van der Waals surface area contributed by atoms with Crippen molar-refractivity contribution in [2.45, 2.75) is 38.6 Å². The average molecular weight is 280 g/mol. The summed E-state index contributed by atoms with van der Waals surface area (Å²) in [5.74, 6) is 1.51. The van der Waals surface area contributed by atoms with Crippen LogP contribution in [0.5, 0.6) is 0 Å². The fourth-order valence-electron chi connectivity index (χ4n) is 3.62. The predicted molar refractivity (Wildman–Crippen MR) is 70.3 cm³/mol. The van der Waals surface area contributed by atoms with Gasteiger partial charge in [0.25, 0.3) is 0 Å². The van der Waals surface area contributed by atoms with Gasteiger partial charge in [0.05, 0.1) is 0 Å². The first-order valence-electron chi connectivity index (χ1n) is 6.11. The van der Waals surface area contributed by atoms with Crippen LogP contribution in [0.4, 0.5) is 0 Å². The van der Waals surface area contributed by atoms with Crippen LogP contribution in [-0.4, -0.2) is 0 Å². The minimum Gasteiger partial charge on any atom is -0.321 e. The molecule has 0 amide bonds. The van der Waals surface area contributed by atoms with E-state index in [1.165, 1.54) is 40.4 Å². The molecule has 0 radical (unpaired) electrons. The van der Waals surface area contributed by atoms with Crippen LogP contribution in [-0.2, 0) is 5.54 Å². The summed E-state index contributed by atoms with van der Waals surface area (Å²) in [5, 5.41) is 0. The van der Waals surface area contributed by atoms with E-state index in [2.05, 4.69) is 41.9 Å². The third kappa shape index (κ3) is 1.26. The molecule has 0 aromatic heterocycles. The Morgan fingerprint density at radius 2 is 1.69 bits per heavy atom. The summed E-state index contributed by atoms with van der Waals surface area (Å²) in [4.78, 5) is 0. The molecule has 0 aliphatic heterocycles. The Morgan fingerprint density at radius 1 is 1.19 bits per heavy atom. The lowest BCUT2D eigenvalue weighted by molar-refractivity contribution is 0.526. The predicted octanol–water partition coefficient (Wildman–Crippen LogP) is 3.65. The molecule has 0 spiro atoms. The van der Waals surface area contributed by atoms with Gasteiger partial charge >= 0.3 is 0 Å². The van der Waals surface area contributed by atoms with Crippen molar-refractivity contribution >= 4 is 15.9 Å². The molecule has 2 saturated carbocycles. The monoisotopic (exact) mass is 279 g/mol. The highest BCUT2D eigenvalue weighted by Crippen LogP contribution is 2.64. The van der Waals surface area contributed by atoms with Crippen LogP contribution in [0.25, 0.3) is 0 Å². The molecule has 0 bridgehead atoms. The lowest BCUT2D eigenvalue weighted by Crippen LogP contribution is -2.26. The molecule has 2 N–H and O–H groups in total. The zero-order valence-electron chi connectivity index (χ0n) is 9.89. The van der Waals surface area contributed by atoms with Crippen LogP contribution in [0.15, 0.2) is 16.6 Å². The van der Waals surface area contributed by atoms with Crippen molar-refractivity contribution in [1.82, 2.24) is 0 Å². The summed E-state index contributed by atoms with van der Waals surface area (Å²) in [7, 11) is 0. The lowest BCUT2D eigenvalue weighted by atomic mass is 9.94. The Hall–Kier alpha value is -0.340. The molecule has 0 heterocycles. The second kappa shape index (κ2) is 3.33. The zero-order valence-corrected chi connectivity index (χ0v) is 11.5. The number of benzene rings is 1. The molecule has 3 rings (SSSR count). The Kier molecular flexibility index (Phi) is 2.25. The van der Waals surface area contributed by atoms with Crippen LogP contribution in [0, 0.1) is 25.7 Å². The number of fused-ring (bicyclic) bond motifs is 1. The first-order chi connectivity index (χ1) is 7.55. The van der Waals surface area contributed by atoms with Gasteiger partial charge in [-0.25, -0.2) is 0 Å². The summed E-state index contributed by atoms with van der Waals surface area (Å²) in [6.07, 6.45) is 4.04. The van der Waals surface area contributed by atoms with Gasteiger partial charge in [0, 0.05) is 10.0 Å². The standard InChI is InChI=1S/C14H18BrN/c1-8-6-10(7-9(2)13(8)15)14(16)11-4-3-5-12(11)14/h6-7,11-12H,3-5,16H2,1-2H3. The maximum Gasteiger partial charge on any atom is 0.0473 e. The van der Waals surface area contributed by atoms with E-state index in [1.54, 1.807) is 0 Å². The van der Waals surface area contributed by atoms with E-state index in [1.807, 2.05) is 0 Å². The summed E-state index contributed by atoms with van der Waals surface area (Å²) >= 11 is 3.62. The lowest BCUT2D eigenvalue weighted by Gasteiger charge is -2.18. The van der Waals surface area contributed by atoms with Gasteiger partial charge in [-0.1, -0.05) is 34.5 Å². The largest absolute Gasteiger partial charge is 0.321 e. The minimum atomic E-state index is 0.00840. The Labute approximate surface area is 106 Å². The Morgan fingerprint density at radius 3 is 2.19 bits per heavy atom. The van der Waals surface area contributed by atoms with E-state index in [0.717, 1.165) is 11.8 Å². The van der Waals surface area contributed by atoms with E-state index in [9.17, 15) is 0 Å². The van der Waals surface area contributed by atoms with Crippen molar-refractivity contribution < 1.29 is 0 Å². The molecule has 2 aliphatic rings. The van der Waals surface area contributed by atoms with E-state index in [-0.39, 0.29) is 5.54 Å². The zero-order chi connectivity index (χ0) is 11.5. The van der Waals surface area contributed by atoms with Gasteiger partial charge in [-0.3, -0.25) is 0 Å². The Bertz CT molecular complexity index is 419. The molecule has 2 aliphatic carbocycles. The van der Waals surface area contributed by atoms with Crippen molar-refractivity contribution in [2.24, 2.45) is 17.6 Å². The fourth-order valence-corrected chi connectivity index (χ4v) is 3.85. The first kappa shape index (κ1) is 10.8. The molecule has 1 aromatic carbocycles. The van der Waals surface area contributed by atoms with Crippen molar-refractivity contribution in [1.29, 1.82) is 0 Å². The highest BCUT2D eigenvalue weighted by atomic mass is 79.9. The van der Waals surface area contributed by atoms with Crippen LogP contribution in [0.2, 0.25) is 0 Å². The molecule has 16 heavy (non-hydrogen) atoms. The van der Waals surface area contributed by atoms with Crippen LogP contribution < -0.4 is 5.73 Å². The number of hydrogen-bond acceptors (Lipinski definition) is 1. The number of hydrogen-bond donors (Lipinski definition) is 1. The van der Waals surface area contributed by atoms with Gasteiger partial charge in [0.1, 0.15) is 0 Å². The quantitative estimate of drug-likeness (QED) is 0.835. The van der Waals surface area contributed by atoms with Gasteiger partial charge < -0.3 is 5.73 Å². The summed E-state index contributed by atoms with van der Waals surface area (Å²) in [5.41, 5.74) is 10.6. The number of aryl methyl sites for hydroxylation is 2. The topological polar surface area (TPSA) is 26.0 Å². The van der Waals surface area contributed by atoms with E-state index in [4.69, 9.17) is 5.73 Å². The van der Waals surface area contributed by atoms with Crippen molar-refractivity contribution in [2.75, 3.05) is 0 Å². The maximum absolute atomic E-state index is 6.59. The van der Waals surface area contributed by atoms with Crippen molar-refractivity contribution in [3.8, 4) is 0 Å². The van der Waals surface area contributed by atoms with Crippen LogP contribution in [0.1, 0.15) is 36.0 Å². The molecule has 0 saturated heterocycles. The normalized spacial score (nSPS) is 36.2. The number of nitrogens with two attached hydrogens (primary N) is 1. The first-order valence-corrected chi connectivity index (χ1v) is 6.90. The third-order valence-corrected chi connectivity index (χ3v) is 5.82. The molecule has 1 aromatic rings. The van der Waals surface area contributed by atoms with Crippen molar-refractivity contribution in [3.05, 3.63) is 33.3 Å². The van der Waals surface area contributed by atoms with Gasteiger partial charge in [-0.2, -0.15) is 0 Å². The van der Waals surface area contributed by atoms with Gasteiger partial charge in [-0.15, -0.1) is 0 Å².